The fourth-order valence-electron chi connectivity index (χ4n) is 3.24. The number of likely N-dealkylation sites (N-methyl/N-ethyl adjacent to an activating group) is 1. The lowest BCUT2D eigenvalue weighted by Gasteiger charge is -2.23. The second-order valence-electron chi connectivity index (χ2n) is 6.90. The van der Waals surface area contributed by atoms with E-state index in [9.17, 15) is 14.4 Å². The van der Waals surface area contributed by atoms with E-state index in [0.29, 0.717) is 23.6 Å². The van der Waals surface area contributed by atoms with E-state index in [1.165, 1.54) is 4.90 Å². The highest BCUT2D eigenvalue weighted by molar-refractivity contribution is 7.07. The van der Waals surface area contributed by atoms with E-state index in [2.05, 4.69) is 5.32 Å². The second-order valence-corrected chi connectivity index (χ2v) is 7.68. The second kappa shape index (κ2) is 6.83. The Morgan fingerprint density at radius 1 is 1.29 bits per heavy atom. The van der Waals surface area contributed by atoms with Gasteiger partial charge in [-0.2, -0.15) is 11.3 Å². The van der Waals surface area contributed by atoms with Crippen molar-refractivity contribution in [3.05, 3.63) is 46.2 Å². The van der Waals surface area contributed by atoms with Gasteiger partial charge in [0.05, 0.1) is 0 Å². The first-order valence-electron chi connectivity index (χ1n) is 8.68. The van der Waals surface area contributed by atoms with Crippen molar-refractivity contribution < 1.29 is 23.9 Å². The van der Waals surface area contributed by atoms with Gasteiger partial charge in [-0.25, -0.2) is 4.79 Å². The van der Waals surface area contributed by atoms with Gasteiger partial charge in [0.25, 0.3) is 5.91 Å². The van der Waals surface area contributed by atoms with Crippen LogP contribution in [0.15, 0.2) is 35.0 Å². The molecular formula is C19H19N3O5S. The molecule has 9 heteroatoms. The predicted molar refractivity (Wildman–Crippen MR) is 101 cm³/mol. The summed E-state index contributed by atoms with van der Waals surface area (Å²) in [6, 6.07) is 6.42. The Hall–Kier alpha value is -3.07. The van der Waals surface area contributed by atoms with Crippen LogP contribution in [0.5, 0.6) is 11.5 Å². The number of hydrogen-bond donors (Lipinski definition) is 1. The Kier molecular flexibility index (Phi) is 4.46. The average molecular weight is 401 g/mol. The zero-order valence-corrected chi connectivity index (χ0v) is 16.2. The number of nitrogens with zero attached hydrogens (tertiary/aromatic N) is 2. The summed E-state index contributed by atoms with van der Waals surface area (Å²) in [6.07, 6.45) is 0. The molecule has 1 aromatic heterocycles. The Bertz CT molecular complexity index is 945. The third kappa shape index (κ3) is 3.07. The van der Waals surface area contributed by atoms with Crippen molar-refractivity contribution in [1.82, 2.24) is 15.1 Å². The van der Waals surface area contributed by atoms with E-state index < -0.39 is 17.5 Å². The molecule has 2 aliphatic rings. The number of carbonyl (C=O) groups is 3. The molecule has 1 fully saturated rings. The highest BCUT2D eigenvalue weighted by atomic mass is 32.1. The van der Waals surface area contributed by atoms with Crippen LogP contribution in [-0.2, 0) is 21.7 Å². The van der Waals surface area contributed by atoms with E-state index in [1.807, 2.05) is 16.8 Å². The normalized spacial score (nSPS) is 20.4. The molecule has 0 spiro atoms. The van der Waals surface area contributed by atoms with Crippen molar-refractivity contribution in [2.45, 2.75) is 19.0 Å². The van der Waals surface area contributed by atoms with Crippen LogP contribution >= 0.6 is 11.3 Å². The molecule has 0 aliphatic carbocycles. The molecule has 146 valence electrons. The minimum atomic E-state index is -1.27. The monoisotopic (exact) mass is 401 g/mol. The van der Waals surface area contributed by atoms with Gasteiger partial charge in [0.1, 0.15) is 12.1 Å². The molecule has 4 rings (SSSR count). The SMILES string of the molecule is CN(Cc1ccsc1)C(=O)CN1C(=O)NC(C)(c2ccc3c(c2)OCO3)C1=O. The number of imide groups is 1. The summed E-state index contributed by atoms with van der Waals surface area (Å²) in [5.41, 5.74) is 0.296. The molecule has 1 unspecified atom stereocenters. The van der Waals surface area contributed by atoms with Crippen LogP contribution in [-0.4, -0.2) is 48.0 Å². The van der Waals surface area contributed by atoms with Crippen LogP contribution < -0.4 is 14.8 Å². The molecule has 3 heterocycles. The molecule has 2 aliphatic heterocycles. The van der Waals surface area contributed by atoms with Crippen LogP contribution in [0.4, 0.5) is 4.79 Å². The van der Waals surface area contributed by atoms with Gasteiger partial charge in [-0.1, -0.05) is 6.07 Å². The van der Waals surface area contributed by atoms with Gasteiger partial charge in [0.15, 0.2) is 11.5 Å². The maximum Gasteiger partial charge on any atom is 0.325 e. The Morgan fingerprint density at radius 3 is 2.82 bits per heavy atom. The summed E-state index contributed by atoms with van der Waals surface area (Å²) in [5, 5.41) is 6.58. The van der Waals surface area contributed by atoms with Crippen LogP contribution in [0.3, 0.4) is 0 Å². The molecule has 0 bridgehead atoms. The van der Waals surface area contributed by atoms with Gasteiger partial charge in [-0.15, -0.1) is 0 Å². The van der Waals surface area contributed by atoms with Crippen molar-refractivity contribution in [2.75, 3.05) is 20.4 Å². The highest BCUT2D eigenvalue weighted by Gasteiger charge is 2.50. The van der Waals surface area contributed by atoms with Gasteiger partial charge in [-0.05, 0) is 47.0 Å². The molecule has 1 N–H and O–H groups in total. The van der Waals surface area contributed by atoms with E-state index in [1.54, 1.807) is 43.5 Å². The topological polar surface area (TPSA) is 88.2 Å². The number of carbonyl (C=O) groups excluding carboxylic acids is 3. The molecule has 2 aromatic rings. The number of thiophene rings is 1. The first-order valence-corrected chi connectivity index (χ1v) is 9.62. The molecule has 1 aromatic carbocycles. The Labute approximate surface area is 165 Å². The van der Waals surface area contributed by atoms with Gasteiger partial charge >= 0.3 is 6.03 Å². The smallest absolute Gasteiger partial charge is 0.325 e. The standard InChI is InChI=1S/C19H19N3O5S/c1-19(13-3-4-14-15(7-13)27-11-26-14)17(24)22(18(25)20-19)9-16(23)21(2)8-12-5-6-28-10-12/h3-7,10H,8-9,11H2,1-2H3,(H,20,25). The van der Waals surface area contributed by atoms with Crippen molar-refractivity contribution in [1.29, 1.82) is 0 Å². The van der Waals surface area contributed by atoms with Crippen LogP contribution in [0, 0.1) is 0 Å². The van der Waals surface area contributed by atoms with E-state index in [0.717, 1.165) is 10.5 Å². The highest BCUT2D eigenvalue weighted by Crippen LogP contribution is 2.37. The lowest BCUT2D eigenvalue weighted by Crippen LogP contribution is -2.43. The molecular weight excluding hydrogens is 382 g/mol. The lowest BCUT2D eigenvalue weighted by atomic mass is 9.91. The molecule has 0 saturated carbocycles. The van der Waals surface area contributed by atoms with Crippen LogP contribution in [0.1, 0.15) is 18.1 Å². The quantitative estimate of drug-likeness (QED) is 0.773. The summed E-state index contributed by atoms with van der Waals surface area (Å²) in [5.74, 6) is 0.315. The molecule has 1 saturated heterocycles. The van der Waals surface area contributed by atoms with Gasteiger partial charge < -0.3 is 19.7 Å². The van der Waals surface area contributed by atoms with Gasteiger partial charge in [-0.3, -0.25) is 14.5 Å². The molecule has 1 atom stereocenters. The zero-order chi connectivity index (χ0) is 19.9. The van der Waals surface area contributed by atoms with Gasteiger partial charge in [0, 0.05) is 13.6 Å². The number of urea groups is 1. The number of rotatable bonds is 5. The number of benzene rings is 1. The summed E-state index contributed by atoms with van der Waals surface area (Å²) in [4.78, 5) is 40.5. The minimum Gasteiger partial charge on any atom is -0.454 e. The number of hydrogen-bond acceptors (Lipinski definition) is 6. The van der Waals surface area contributed by atoms with Crippen molar-refractivity contribution in [3.63, 3.8) is 0 Å². The number of fused-ring (bicyclic) bond motifs is 1. The number of amides is 4. The lowest BCUT2D eigenvalue weighted by molar-refractivity contribution is -0.138. The maximum atomic E-state index is 13.0. The van der Waals surface area contributed by atoms with Crippen molar-refractivity contribution in [3.8, 4) is 11.5 Å². The maximum absolute atomic E-state index is 13.0. The fraction of sp³-hybridized carbons (Fsp3) is 0.316. The van der Waals surface area contributed by atoms with Gasteiger partial charge in [0.2, 0.25) is 12.7 Å². The largest absolute Gasteiger partial charge is 0.454 e. The van der Waals surface area contributed by atoms with E-state index >= 15 is 0 Å². The Balaban J connectivity index is 1.49. The average Bonchev–Trinajstić information content (AvgIpc) is 3.39. The molecule has 28 heavy (non-hydrogen) atoms. The first kappa shape index (κ1) is 18.3. The van der Waals surface area contributed by atoms with Crippen LogP contribution in [0.2, 0.25) is 0 Å². The van der Waals surface area contributed by atoms with E-state index in [-0.39, 0.29) is 19.2 Å². The number of nitrogens with one attached hydrogen (secondary N) is 1. The van der Waals surface area contributed by atoms with Crippen LogP contribution in [0.25, 0.3) is 0 Å². The third-order valence-electron chi connectivity index (χ3n) is 4.94. The minimum absolute atomic E-state index is 0.118. The summed E-state index contributed by atoms with van der Waals surface area (Å²) >= 11 is 1.55. The summed E-state index contributed by atoms with van der Waals surface area (Å²) in [7, 11) is 1.65. The molecule has 8 nitrogen and oxygen atoms in total. The third-order valence-corrected chi connectivity index (χ3v) is 5.68. The first-order chi connectivity index (χ1) is 13.4. The Morgan fingerprint density at radius 2 is 2.07 bits per heavy atom. The van der Waals surface area contributed by atoms with Crippen molar-refractivity contribution in [2.24, 2.45) is 0 Å². The molecule has 4 amide bonds. The predicted octanol–water partition coefficient (Wildman–Crippen LogP) is 1.90. The summed E-state index contributed by atoms with van der Waals surface area (Å²) in [6.45, 7) is 1.84. The van der Waals surface area contributed by atoms with Crippen molar-refractivity contribution >= 4 is 29.2 Å². The zero-order valence-electron chi connectivity index (χ0n) is 15.4. The fourth-order valence-corrected chi connectivity index (χ4v) is 3.90. The molecule has 0 radical (unpaired) electrons. The summed E-state index contributed by atoms with van der Waals surface area (Å²) < 4.78 is 10.6. The van der Waals surface area contributed by atoms with E-state index in [4.69, 9.17) is 9.47 Å². The number of ether oxygens (including phenoxy) is 2.